The Morgan fingerprint density at radius 1 is 1.22 bits per heavy atom. The molecule has 0 aromatic carbocycles. The largest absolute Gasteiger partial charge is 0.481 e. The summed E-state index contributed by atoms with van der Waals surface area (Å²) in [5.41, 5.74) is 2.30. The van der Waals surface area contributed by atoms with Crippen molar-refractivity contribution in [1.29, 1.82) is 0 Å². The third kappa shape index (κ3) is 2.27. The summed E-state index contributed by atoms with van der Waals surface area (Å²) in [6, 6.07) is 0.552. The SMILES string of the molecule is COc1nc(NC2CCC2)nc2c1CCNCC2. The Hall–Kier alpha value is -1.36. The number of methoxy groups -OCH3 is 1. The summed E-state index contributed by atoms with van der Waals surface area (Å²) in [4.78, 5) is 9.16. The summed E-state index contributed by atoms with van der Waals surface area (Å²) in [7, 11) is 1.69. The maximum atomic E-state index is 5.42. The minimum absolute atomic E-state index is 0.552. The van der Waals surface area contributed by atoms with Crippen LogP contribution in [0.1, 0.15) is 30.5 Å². The van der Waals surface area contributed by atoms with Crippen LogP contribution in [0.3, 0.4) is 0 Å². The molecule has 5 nitrogen and oxygen atoms in total. The number of hydrogen-bond acceptors (Lipinski definition) is 5. The van der Waals surface area contributed by atoms with Gasteiger partial charge in [0.05, 0.1) is 12.8 Å². The van der Waals surface area contributed by atoms with Crippen LogP contribution in [0.2, 0.25) is 0 Å². The lowest BCUT2D eigenvalue weighted by Crippen LogP contribution is -2.28. The van der Waals surface area contributed by atoms with Gasteiger partial charge in [0.25, 0.3) is 0 Å². The molecule has 18 heavy (non-hydrogen) atoms. The summed E-state index contributed by atoms with van der Waals surface area (Å²) < 4.78 is 5.42. The van der Waals surface area contributed by atoms with Gasteiger partial charge < -0.3 is 15.4 Å². The molecule has 1 fully saturated rings. The number of ether oxygens (including phenoxy) is 1. The lowest BCUT2D eigenvalue weighted by Gasteiger charge is -2.26. The van der Waals surface area contributed by atoms with Gasteiger partial charge in [-0.05, 0) is 32.2 Å². The second-order valence-corrected chi connectivity index (χ2v) is 5.00. The lowest BCUT2D eigenvalue weighted by atomic mass is 9.93. The van der Waals surface area contributed by atoms with E-state index >= 15 is 0 Å². The first kappa shape index (κ1) is 11.7. The number of rotatable bonds is 3. The molecule has 0 spiro atoms. The van der Waals surface area contributed by atoms with Crippen molar-refractivity contribution in [3.63, 3.8) is 0 Å². The number of fused-ring (bicyclic) bond motifs is 1. The van der Waals surface area contributed by atoms with Crippen molar-refractivity contribution < 1.29 is 4.74 Å². The fraction of sp³-hybridized carbons (Fsp3) is 0.692. The van der Waals surface area contributed by atoms with Crippen LogP contribution < -0.4 is 15.4 Å². The van der Waals surface area contributed by atoms with Crippen molar-refractivity contribution >= 4 is 5.95 Å². The molecule has 1 aromatic heterocycles. The molecular formula is C13H20N4O. The molecular weight excluding hydrogens is 228 g/mol. The number of hydrogen-bond donors (Lipinski definition) is 2. The van der Waals surface area contributed by atoms with E-state index in [9.17, 15) is 0 Å². The Balaban J connectivity index is 1.88. The van der Waals surface area contributed by atoms with E-state index in [0.29, 0.717) is 6.04 Å². The molecule has 2 aliphatic rings. The average Bonchev–Trinajstić information content (AvgIpc) is 2.58. The average molecular weight is 248 g/mol. The lowest BCUT2D eigenvalue weighted by molar-refractivity contribution is 0.389. The minimum atomic E-state index is 0.552. The van der Waals surface area contributed by atoms with E-state index in [1.165, 1.54) is 24.8 Å². The van der Waals surface area contributed by atoms with Crippen LogP contribution >= 0.6 is 0 Å². The Bertz CT molecular complexity index is 431. The highest BCUT2D eigenvalue weighted by Gasteiger charge is 2.21. The van der Waals surface area contributed by atoms with Crippen molar-refractivity contribution in [2.24, 2.45) is 0 Å². The molecule has 1 saturated carbocycles. The Labute approximate surface area is 107 Å². The van der Waals surface area contributed by atoms with Crippen LogP contribution in [0.5, 0.6) is 5.88 Å². The van der Waals surface area contributed by atoms with Crippen LogP contribution in [-0.2, 0) is 12.8 Å². The van der Waals surface area contributed by atoms with Gasteiger partial charge in [0.15, 0.2) is 0 Å². The first-order valence-corrected chi connectivity index (χ1v) is 6.78. The predicted octanol–water partition coefficient (Wildman–Crippen LogP) is 1.14. The van der Waals surface area contributed by atoms with Gasteiger partial charge in [-0.1, -0.05) is 0 Å². The number of aromatic nitrogens is 2. The van der Waals surface area contributed by atoms with Gasteiger partial charge in [-0.2, -0.15) is 4.98 Å². The summed E-state index contributed by atoms with van der Waals surface area (Å²) in [6.45, 7) is 1.96. The van der Waals surface area contributed by atoms with Crippen LogP contribution in [0, 0.1) is 0 Å². The van der Waals surface area contributed by atoms with Crippen LogP contribution in [0.25, 0.3) is 0 Å². The Morgan fingerprint density at radius 2 is 2.06 bits per heavy atom. The van der Waals surface area contributed by atoms with Gasteiger partial charge in [-0.15, -0.1) is 0 Å². The molecule has 0 bridgehead atoms. The quantitative estimate of drug-likeness (QED) is 0.840. The molecule has 1 aromatic rings. The van der Waals surface area contributed by atoms with E-state index in [1.807, 2.05) is 0 Å². The topological polar surface area (TPSA) is 59.1 Å². The van der Waals surface area contributed by atoms with Crippen LogP contribution in [0.15, 0.2) is 0 Å². The van der Waals surface area contributed by atoms with E-state index in [2.05, 4.69) is 20.6 Å². The van der Waals surface area contributed by atoms with Crippen LogP contribution in [-0.4, -0.2) is 36.2 Å². The highest BCUT2D eigenvalue weighted by atomic mass is 16.5. The zero-order valence-electron chi connectivity index (χ0n) is 10.8. The van der Waals surface area contributed by atoms with Gasteiger partial charge in [-0.3, -0.25) is 0 Å². The molecule has 3 rings (SSSR count). The second kappa shape index (κ2) is 5.10. The van der Waals surface area contributed by atoms with E-state index < -0.39 is 0 Å². The summed E-state index contributed by atoms with van der Waals surface area (Å²) >= 11 is 0. The molecule has 98 valence electrons. The fourth-order valence-electron chi connectivity index (χ4n) is 2.48. The fourth-order valence-corrected chi connectivity index (χ4v) is 2.48. The van der Waals surface area contributed by atoms with Crippen molar-refractivity contribution in [3.8, 4) is 5.88 Å². The molecule has 5 heteroatoms. The third-order valence-corrected chi connectivity index (χ3v) is 3.78. The van der Waals surface area contributed by atoms with Gasteiger partial charge in [0.1, 0.15) is 0 Å². The Morgan fingerprint density at radius 3 is 2.78 bits per heavy atom. The first-order chi connectivity index (χ1) is 8.86. The summed E-state index contributed by atoms with van der Waals surface area (Å²) in [6.07, 6.45) is 5.66. The zero-order valence-corrected chi connectivity index (χ0v) is 10.8. The first-order valence-electron chi connectivity index (χ1n) is 6.78. The van der Waals surface area contributed by atoms with Crippen molar-refractivity contribution in [2.75, 3.05) is 25.5 Å². The monoisotopic (exact) mass is 248 g/mol. The number of nitrogens with zero attached hydrogens (tertiary/aromatic N) is 2. The predicted molar refractivity (Wildman–Crippen MR) is 70.1 cm³/mol. The standard InChI is InChI=1S/C13H20N4O/c1-18-12-10-5-7-14-8-6-11(10)16-13(17-12)15-9-3-2-4-9/h9,14H,2-8H2,1H3,(H,15,16,17). The Kier molecular flexibility index (Phi) is 3.32. The maximum absolute atomic E-state index is 5.42. The smallest absolute Gasteiger partial charge is 0.226 e. The van der Waals surface area contributed by atoms with Gasteiger partial charge in [-0.25, -0.2) is 4.98 Å². The van der Waals surface area contributed by atoms with Gasteiger partial charge in [0, 0.05) is 24.6 Å². The summed E-state index contributed by atoms with van der Waals surface area (Å²) in [5.74, 6) is 1.47. The molecule has 0 unspecified atom stereocenters. The normalized spacial score (nSPS) is 19.6. The molecule has 0 amide bonds. The van der Waals surface area contributed by atoms with E-state index in [1.54, 1.807) is 7.11 Å². The minimum Gasteiger partial charge on any atom is -0.481 e. The van der Waals surface area contributed by atoms with E-state index in [4.69, 9.17) is 4.74 Å². The van der Waals surface area contributed by atoms with Gasteiger partial charge in [0.2, 0.25) is 11.8 Å². The number of anilines is 1. The second-order valence-electron chi connectivity index (χ2n) is 5.00. The highest BCUT2D eigenvalue weighted by molar-refractivity contribution is 5.40. The van der Waals surface area contributed by atoms with Crippen molar-refractivity contribution in [3.05, 3.63) is 11.3 Å². The molecule has 1 aliphatic heterocycles. The van der Waals surface area contributed by atoms with Gasteiger partial charge >= 0.3 is 0 Å². The maximum Gasteiger partial charge on any atom is 0.226 e. The van der Waals surface area contributed by atoms with E-state index in [-0.39, 0.29) is 0 Å². The molecule has 0 atom stereocenters. The molecule has 0 radical (unpaired) electrons. The van der Waals surface area contributed by atoms with Crippen molar-refractivity contribution in [1.82, 2.24) is 15.3 Å². The molecule has 2 heterocycles. The third-order valence-electron chi connectivity index (χ3n) is 3.78. The van der Waals surface area contributed by atoms with Crippen molar-refractivity contribution in [2.45, 2.75) is 38.1 Å². The zero-order chi connectivity index (χ0) is 12.4. The summed E-state index contributed by atoms with van der Waals surface area (Å²) in [5, 5.41) is 6.79. The van der Waals surface area contributed by atoms with Crippen LogP contribution in [0.4, 0.5) is 5.95 Å². The highest BCUT2D eigenvalue weighted by Crippen LogP contribution is 2.26. The number of nitrogens with one attached hydrogen (secondary N) is 2. The van der Waals surface area contributed by atoms with E-state index in [0.717, 1.165) is 43.5 Å². The molecule has 2 N–H and O–H groups in total. The molecule has 1 aliphatic carbocycles. The molecule has 0 saturated heterocycles.